The monoisotopic (exact) mass is 500 g/mol. The molecule has 1 aliphatic rings. The molecule has 0 aliphatic carbocycles. The summed E-state index contributed by atoms with van der Waals surface area (Å²) in [5.41, 5.74) is -0.772. The summed E-state index contributed by atoms with van der Waals surface area (Å²) in [6.07, 6.45) is 3.30. The average molecular weight is 501 g/mol. The first-order chi connectivity index (χ1) is 17.6. The second-order valence-electron chi connectivity index (χ2n) is 7.43. The number of hydrogen-bond acceptors (Lipinski definition) is 9. The molecule has 2 unspecified atom stereocenters. The van der Waals surface area contributed by atoms with Crippen molar-refractivity contribution >= 4 is 5.97 Å². The van der Waals surface area contributed by atoms with E-state index in [9.17, 15) is 14.4 Å². The van der Waals surface area contributed by atoms with Crippen molar-refractivity contribution in [2.45, 2.75) is 12.3 Å². The topological polar surface area (TPSA) is 138 Å². The number of ether oxygens (including phenoxy) is 5. The van der Waals surface area contributed by atoms with Gasteiger partial charge in [-0.3, -0.25) is 14.3 Å². The van der Waals surface area contributed by atoms with Crippen LogP contribution in [0, 0.1) is 11.8 Å². The quantitative estimate of drug-likeness (QED) is 0.171. The Balaban J connectivity index is 1.45. The van der Waals surface area contributed by atoms with Gasteiger partial charge in [0.15, 0.2) is 6.23 Å². The Bertz CT molecular complexity index is 1180. The van der Waals surface area contributed by atoms with Crippen LogP contribution in [0.2, 0.25) is 0 Å². The Hall–Kier alpha value is -3.53. The number of carbonyl (C=O) groups is 1. The molecule has 1 aliphatic heterocycles. The predicted octanol–water partition coefficient (Wildman–Crippen LogP) is 0.241. The van der Waals surface area contributed by atoms with Gasteiger partial charge in [-0.25, -0.2) is 9.59 Å². The van der Waals surface area contributed by atoms with Gasteiger partial charge in [-0.1, -0.05) is 36.1 Å². The second kappa shape index (κ2) is 14.8. The molecule has 2 N–H and O–H groups in total. The van der Waals surface area contributed by atoms with Crippen molar-refractivity contribution in [3.63, 3.8) is 0 Å². The molecule has 2 atom stereocenters. The first-order valence-electron chi connectivity index (χ1n) is 11.3. The Morgan fingerprint density at radius 3 is 2.50 bits per heavy atom. The van der Waals surface area contributed by atoms with Crippen LogP contribution in [0.25, 0.3) is 0 Å². The van der Waals surface area contributed by atoms with Crippen molar-refractivity contribution in [2.75, 3.05) is 52.9 Å². The third kappa shape index (κ3) is 8.60. The highest BCUT2D eigenvalue weighted by molar-refractivity contribution is 5.89. The molecular weight excluding hydrogens is 472 g/mol. The Morgan fingerprint density at radius 1 is 1.03 bits per heavy atom. The van der Waals surface area contributed by atoms with E-state index in [0.717, 1.165) is 0 Å². The van der Waals surface area contributed by atoms with Gasteiger partial charge in [-0.2, -0.15) is 0 Å². The zero-order valence-corrected chi connectivity index (χ0v) is 19.6. The van der Waals surface area contributed by atoms with Crippen LogP contribution in [0.4, 0.5) is 0 Å². The van der Waals surface area contributed by atoms with E-state index in [1.807, 2.05) is 0 Å². The minimum Gasteiger partial charge on any atom is -0.459 e. The van der Waals surface area contributed by atoms with E-state index in [4.69, 9.17) is 28.8 Å². The fraction of sp³-hybridized carbons (Fsp3) is 0.400. The van der Waals surface area contributed by atoms with E-state index in [-0.39, 0.29) is 32.0 Å². The van der Waals surface area contributed by atoms with Crippen molar-refractivity contribution in [3.8, 4) is 11.8 Å². The third-order valence-corrected chi connectivity index (χ3v) is 4.81. The number of carbonyl (C=O) groups excluding carboxylic acids is 1. The fourth-order valence-corrected chi connectivity index (χ4v) is 3.08. The van der Waals surface area contributed by atoms with Gasteiger partial charge in [0, 0.05) is 6.20 Å². The van der Waals surface area contributed by atoms with E-state index in [0.29, 0.717) is 32.0 Å². The lowest BCUT2D eigenvalue weighted by molar-refractivity contribution is -0.0223. The lowest BCUT2D eigenvalue weighted by Gasteiger charge is -2.16. The number of H-pyrrole nitrogens is 1. The van der Waals surface area contributed by atoms with Crippen LogP contribution in [-0.2, 0) is 23.7 Å². The zero-order chi connectivity index (χ0) is 25.6. The number of hydrogen-bond donors (Lipinski definition) is 2. The summed E-state index contributed by atoms with van der Waals surface area (Å²) in [6.45, 7) is 1.72. The summed E-state index contributed by atoms with van der Waals surface area (Å²) < 4.78 is 27.9. The summed E-state index contributed by atoms with van der Waals surface area (Å²) in [6, 6.07) is 8.57. The summed E-state index contributed by atoms with van der Waals surface area (Å²) in [5, 5.41) is 8.59. The number of aliphatic hydroxyl groups is 1. The molecule has 36 heavy (non-hydrogen) atoms. The second-order valence-corrected chi connectivity index (χ2v) is 7.43. The number of rotatable bonds is 13. The van der Waals surface area contributed by atoms with E-state index in [1.54, 1.807) is 42.5 Å². The van der Waals surface area contributed by atoms with Crippen LogP contribution in [0.3, 0.4) is 0 Å². The smallest absolute Gasteiger partial charge is 0.338 e. The first kappa shape index (κ1) is 27.1. The van der Waals surface area contributed by atoms with E-state index >= 15 is 0 Å². The van der Waals surface area contributed by atoms with Gasteiger partial charge in [0.2, 0.25) is 0 Å². The normalized spacial score (nSPS) is 16.5. The fourth-order valence-electron chi connectivity index (χ4n) is 3.08. The van der Waals surface area contributed by atoms with Crippen molar-refractivity contribution in [1.82, 2.24) is 9.55 Å². The molecule has 3 rings (SSSR count). The predicted molar refractivity (Wildman–Crippen MR) is 128 cm³/mol. The van der Waals surface area contributed by atoms with Gasteiger partial charge in [0.05, 0.1) is 45.2 Å². The van der Waals surface area contributed by atoms with E-state index in [2.05, 4.69) is 16.8 Å². The number of benzene rings is 1. The van der Waals surface area contributed by atoms with Gasteiger partial charge in [-0.05, 0) is 18.2 Å². The molecule has 0 saturated carbocycles. The van der Waals surface area contributed by atoms with Crippen molar-refractivity contribution in [2.24, 2.45) is 0 Å². The summed E-state index contributed by atoms with van der Waals surface area (Å²) >= 11 is 0. The lowest BCUT2D eigenvalue weighted by Crippen LogP contribution is -2.34. The highest BCUT2D eigenvalue weighted by Gasteiger charge is 2.23. The summed E-state index contributed by atoms with van der Waals surface area (Å²) in [5.74, 6) is 4.93. The van der Waals surface area contributed by atoms with Gasteiger partial charge in [0.25, 0.3) is 5.56 Å². The third-order valence-electron chi connectivity index (χ3n) is 4.81. The highest BCUT2D eigenvalue weighted by Crippen LogP contribution is 2.20. The summed E-state index contributed by atoms with van der Waals surface area (Å²) in [4.78, 5) is 38.7. The molecule has 0 fully saturated rings. The van der Waals surface area contributed by atoms with Crippen LogP contribution >= 0.6 is 0 Å². The molecule has 2 heterocycles. The lowest BCUT2D eigenvalue weighted by atomic mass is 10.2. The molecule has 192 valence electrons. The van der Waals surface area contributed by atoms with Crippen molar-refractivity contribution in [3.05, 3.63) is 80.6 Å². The van der Waals surface area contributed by atoms with E-state index < -0.39 is 29.6 Å². The zero-order valence-electron chi connectivity index (χ0n) is 19.6. The Kier molecular flexibility index (Phi) is 11.1. The van der Waals surface area contributed by atoms with Crippen LogP contribution in [-0.4, -0.2) is 79.6 Å². The maximum atomic E-state index is 12.3. The molecule has 0 saturated heterocycles. The molecule has 0 spiro atoms. The molecule has 11 heteroatoms. The Labute approximate surface area is 207 Å². The Morgan fingerprint density at radius 2 is 1.75 bits per heavy atom. The van der Waals surface area contributed by atoms with Gasteiger partial charge in [-0.15, -0.1) is 0 Å². The van der Waals surface area contributed by atoms with E-state index in [1.165, 1.54) is 10.8 Å². The van der Waals surface area contributed by atoms with Crippen LogP contribution in [0.5, 0.6) is 0 Å². The molecule has 11 nitrogen and oxygen atoms in total. The highest BCUT2D eigenvalue weighted by atomic mass is 16.6. The maximum Gasteiger partial charge on any atom is 0.338 e. The van der Waals surface area contributed by atoms with Gasteiger partial charge in [0.1, 0.15) is 24.9 Å². The minimum atomic E-state index is -0.787. The molecule has 0 amide bonds. The van der Waals surface area contributed by atoms with Crippen LogP contribution in [0.1, 0.15) is 22.1 Å². The molecule has 0 radical (unpaired) electrons. The van der Waals surface area contributed by atoms with Gasteiger partial charge < -0.3 is 28.8 Å². The van der Waals surface area contributed by atoms with Crippen LogP contribution in [0.15, 0.2) is 58.3 Å². The van der Waals surface area contributed by atoms with Gasteiger partial charge >= 0.3 is 11.7 Å². The number of aliphatic hydroxyl groups excluding tert-OH is 1. The maximum absolute atomic E-state index is 12.3. The first-order valence-corrected chi connectivity index (χ1v) is 11.3. The largest absolute Gasteiger partial charge is 0.459 e. The minimum absolute atomic E-state index is 0.0256. The standard InChI is InChI=1S/C25H28N2O9/c28-10-12-33-14-16-34-15-13-32-11-4-7-20-17-27(25(31)26-23(20)29)22-9-8-21(36-22)18-35-24(30)19-5-2-1-3-6-19/h1-3,5-6,8-9,17,21-22,28H,10-16,18H2,(H,26,29,31). The molecule has 0 bridgehead atoms. The molecule has 2 aromatic rings. The van der Waals surface area contributed by atoms with Crippen molar-refractivity contribution < 1.29 is 33.6 Å². The number of esters is 1. The number of aromatic nitrogens is 2. The van der Waals surface area contributed by atoms with Crippen molar-refractivity contribution in [1.29, 1.82) is 0 Å². The average Bonchev–Trinajstić information content (AvgIpc) is 3.36. The molecular formula is C25H28N2O9. The number of nitrogens with zero attached hydrogens (tertiary/aromatic N) is 1. The molecule has 1 aromatic heterocycles. The molecule has 1 aromatic carbocycles. The number of nitrogens with one attached hydrogen (secondary N) is 1. The number of aromatic amines is 1. The van der Waals surface area contributed by atoms with Crippen LogP contribution < -0.4 is 11.2 Å². The SMILES string of the molecule is O=C(OCC1C=CC(n2cc(C#CCOCCOCCOCCO)c(=O)[nH]c2=O)O1)c1ccccc1. The summed E-state index contributed by atoms with van der Waals surface area (Å²) in [7, 11) is 0.